The number of hydrogen-bond acceptors (Lipinski definition) is 2. The van der Waals surface area contributed by atoms with Crippen molar-refractivity contribution in [2.45, 2.75) is 55.1 Å². The van der Waals surface area contributed by atoms with Crippen molar-refractivity contribution in [1.29, 1.82) is 0 Å². The second-order valence-corrected chi connectivity index (χ2v) is 7.85. The lowest BCUT2D eigenvalue weighted by molar-refractivity contribution is 0.00567. The lowest BCUT2D eigenvalue weighted by Gasteiger charge is -2.44. The van der Waals surface area contributed by atoms with Gasteiger partial charge in [0.05, 0.1) is 5.60 Å². The van der Waals surface area contributed by atoms with E-state index in [9.17, 15) is 13.7 Å². The van der Waals surface area contributed by atoms with Crippen LogP contribution in [0.25, 0.3) is 0 Å². The van der Waals surface area contributed by atoms with Crippen LogP contribution in [0.5, 0.6) is 0 Å². The molecule has 2 unspecified atom stereocenters. The Hall–Kier alpha value is -0.740. The summed E-state index contributed by atoms with van der Waals surface area (Å²) in [5, 5.41) is 11.1. The molecule has 1 N–H and O–H groups in total. The predicted octanol–water partition coefficient (Wildman–Crippen LogP) is 2.79. The summed E-state index contributed by atoms with van der Waals surface area (Å²) >= 11 is 0. The molecule has 4 heteroatoms. The lowest BCUT2D eigenvalue weighted by Crippen LogP contribution is -2.47. The van der Waals surface area contributed by atoms with Crippen LogP contribution < -0.4 is 0 Å². The van der Waals surface area contributed by atoms with Gasteiger partial charge in [0.1, 0.15) is 5.82 Å². The van der Waals surface area contributed by atoms with Crippen LogP contribution in [-0.4, -0.2) is 19.8 Å². The average molecular weight is 282 g/mol. The molecule has 0 amide bonds. The van der Waals surface area contributed by atoms with Gasteiger partial charge in [-0.25, -0.2) is 4.39 Å². The molecule has 2 atom stereocenters. The first-order valence-corrected chi connectivity index (χ1v) is 8.16. The fourth-order valence-corrected chi connectivity index (χ4v) is 5.84. The van der Waals surface area contributed by atoms with E-state index in [1.165, 1.54) is 6.07 Å². The molecule has 2 saturated heterocycles. The second kappa shape index (κ2) is 4.67. The molecule has 2 fully saturated rings. The highest BCUT2D eigenvalue weighted by atomic mass is 32.2. The Morgan fingerprint density at radius 2 is 1.95 bits per heavy atom. The topological polar surface area (TPSA) is 37.3 Å². The lowest BCUT2D eigenvalue weighted by atomic mass is 9.79. The molecule has 2 heterocycles. The number of aliphatic hydroxyl groups is 1. The van der Waals surface area contributed by atoms with Gasteiger partial charge in [-0.3, -0.25) is 4.21 Å². The first-order valence-electron chi connectivity index (χ1n) is 6.88. The molecule has 2 bridgehead atoms. The smallest absolute Gasteiger partial charge is 0.126 e. The van der Waals surface area contributed by atoms with Crippen LogP contribution >= 0.6 is 0 Å². The molecule has 1 aromatic carbocycles. The number of rotatable bonds is 1. The van der Waals surface area contributed by atoms with E-state index in [4.69, 9.17) is 0 Å². The first kappa shape index (κ1) is 13.3. The van der Waals surface area contributed by atoms with Crippen molar-refractivity contribution in [2.24, 2.45) is 0 Å². The van der Waals surface area contributed by atoms with E-state index in [2.05, 4.69) is 0 Å². The molecule has 0 aromatic heterocycles. The highest BCUT2D eigenvalue weighted by molar-refractivity contribution is 7.86. The standard InChI is InChI=1S/C15H19FO2S/c1-10-13(6-3-7-14(10)16)15(17)8-11-4-2-5-12(9-15)19(11)18/h3,6-7,11-12,17H,2,4-5,8-9H2,1H3. The van der Waals surface area contributed by atoms with Gasteiger partial charge in [-0.2, -0.15) is 0 Å². The molecule has 104 valence electrons. The van der Waals surface area contributed by atoms with Crippen molar-refractivity contribution < 1.29 is 13.7 Å². The quantitative estimate of drug-likeness (QED) is 0.860. The van der Waals surface area contributed by atoms with Gasteiger partial charge in [-0.15, -0.1) is 0 Å². The zero-order chi connectivity index (χ0) is 13.6. The van der Waals surface area contributed by atoms with Gasteiger partial charge in [0.2, 0.25) is 0 Å². The summed E-state index contributed by atoms with van der Waals surface area (Å²) in [5.41, 5.74) is 0.201. The Morgan fingerprint density at radius 1 is 1.32 bits per heavy atom. The van der Waals surface area contributed by atoms with Crippen LogP contribution in [0.15, 0.2) is 18.2 Å². The molecular formula is C15H19FO2S. The Morgan fingerprint density at radius 3 is 2.58 bits per heavy atom. The Labute approximate surface area is 115 Å². The SMILES string of the molecule is Cc1c(F)cccc1C1(O)CC2CCCC(C1)S2=O. The fourth-order valence-electron chi connectivity index (χ4n) is 3.61. The van der Waals surface area contributed by atoms with Crippen molar-refractivity contribution in [3.63, 3.8) is 0 Å². The van der Waals surface area contributed by atoms with Crippen molar-refractivity contribution >= 4 is 10.8 Å². The number of hydrogen-bond donors (Lipinski definition) is 1. The van der Waals surface area contributed by atoms with E-state index in [0.717, 1.165) is 19.3 Å². The van der Waals surface area contributed by atoms with Gasteiger partial charge in [-0.1, -0.05) is 18.6 Å². The zero-order valence-electron chi connectivity index (χ0n) is 11.1. The minimum atomic E-state index is -1.00. The summed E-state index contributed by atoms with van der Waals surface area (Å²) in [4.78, 5) is 0. The third-order valence-corrected chi connectivity index (χ3v) is 6.73. The third-order valence-electron chi connectivity index (χ3n) is 4.61. The van der Waals surface area contributed by atoms with Crippen LogP contribution in [0, 0.1) is 12.7 Å². The van der Waals surface area contributed by atoms with Crippen LogP contribution in [0.2, 0.25) is 0 Å². The van der Waals surface area contributed by atoms with Gasteiger partial charge < -0.3 is 5.11 Å². The second-order valence-electron chi connectivity index (χ2n) is 5.86. The summed E-state index contributed by atoms with van der Waals surface area (Å²) in [6.45, 7) is 1.71. The normalized spacial score (nSPS) is 38.2. The Kier molecular flexibility index (Phi) is 3.26. The highest BCUT2D eigenvalue weighted by Gasteiger charge is 2.46. The van der Waals surface area contributed by atoms with E-state index >= 15 is 0 Å². The van der Waals surface area contributed by atoms with Crippen LogP contribution in [0.4, 0.5) is 4.39 Å². The minimum absolute atomic E-state index is 0.0696. The maximum Gasteiger partial charge on any atom is 0.126 e. The van der Waals surface area contributed by atoms with Crippen molar-refractivity contribution in [1.82, 2.24) is 0 Å². The van der Waals surface area contributed by atoms with E-state index < -0.39 is 16.4 Å². The molecule has 2 nitrogen and oxygen atoms in total. The third kappa shape index (κ3) is 2.15. The van der Waals surface area contributed by atoms with Crippen LogP contribution in [-0.2, 0) is 16.4 Å². The van der Waals surface area contributed by atoms with Gasteiger partial charge in [0.25, 0.3) is 0 Å². The van der Waals surface area contributed by atoms with Gasteiger partial charge in [0, 0.05) is 21.3 Å². The summed E-state index contributed by atoms with van der Waals surface area (Å²) < 4.78 is 25.9. The molecular weight excluding hydrogens is 263 g/mol. The van der Waals surface area contributed by atoms with E-state index in [-0.39, 0.29) is 16.3 Å². The molecule has 2 aliphatic heterocycles. The summed E-state index contributed by atoms with van der Waals surface area (Å²) in [6.07, 6.45) is 3.93. The fraction of sp³-hybridized carbons (Fsp3) is 0.600. The zero-order valence-corrected chi connectivity index (χ0v) is 11.9. The molecule has 19 heavy (non-hydrogen) atoms. The molecule has 0 aliphatic carbocycles. The minimum Gasteiger partial charge on any atom is -0.385 e. The van der Waals surface area contributed by atoms with Crippen molar-refractivity contribution in [3.05, 3.63) is 35.1 Å². The first-order chi connectivity index (χ1) is 9.01. The molecule has 0 spiro atoms. The molecule has 0 saturated carbocycles. The average Bonchev–Trinajstić information content (AvgIpc) is 2.35. The van der Waals surface area contributed by atoms with Crippen LogP contribution in [0.1, 0.15) is 43.2 Å². The number of halogens is 1. The highest BCUT2D eigenvalue weighted by Crippen LogP contribution is 2.45. The van der Waals surface area contributed by atoms with Gasteiger partial charge >= 0.3 is 0 Å². The predicted molar refractivity (Wildman–Crippen MR) is 73.8 cm³/mol. The largest absolute Gasteiger partial charge is 0.385 e. The summed E-state index contributed by atoms with van der Waals surface area (Å²) in [6, 6.07) is 4.88. The maximum absolute atomic E-state index is 13.7. The van der Waals surface area contributed by atoms with E-state index in [1.807, 2.05) is 6.07 Å². The Balaban J connectivity index is 2.00. The summed E-state index contributed by atoms with van der Waals surface area (Å²) in [5.74, 6) is -0.275. The van der Waals surface area contributed by atoms with E-state index in [0.29, 0.717) is 24.0 Å². The van der Waals surface area contributed by atoms with Crippen molar-refractivity contribution in [3.8, 4) is 0 Å². The molecule has 2 aliphatic rings. The number of fused-ring (bicyclic) bond motifs is 2. The molecule has 1 aromatic rings. The van der Waals surface area contributed by atoms with E-state index in [1.54, 1.807) is 13.0 Å². The van der Waals surface area contributed by atoms with Crippen LogP contribution in [0.3, 0.4) is 0 Å². The Bertz CT molecular complexity index is 513. The summed E-state index contributed by atoms with van der Waals surface area (Å²) in [7, 11) is -0.822. The van der Waals surface area contributed by atoms with Gasteiger partial charge in [-0.05, 0) is 49.8 Å². The monoisotopic (exact) mass is 282 g/mol. The molecule has 0 radical (unpaired) electrons. The van der Waals surface area contributed by atoms with Crippen molar-refractivity contribution in [2.75, 3.05) is 0 Å². The molecule has 3 rings (SSSR count). The number of benzene rings is 1. The maximum atomic E-state index is 13.7. The van der Waals surface area contributed by atoms with Gasteiger partial charge in [0.15, 0.2) is 0 Å².